The molecule has 2 rings (SSSR count). The summed E-state index contributed by atoms with van der Waals surface area (Å²) in [6.45, 7) is 2.85. The van der Waals surface area contributed by atoms with Gasteiger partial charge in [-0.05, 0) is 43.8 Å². The lowest BCUT2D eigenvalue weighted by Crippen LogP contribution is -2.31. The smallest absolute Gasteiger partial charge is 0.264 e. The molecule has 0 atom stereocenters. The Morgan fingerprint density at radius 1 is 1.15 bits per heavy atom. The van der Waals surface area contributed by atoms with Crippen LogP contribution in [0, 0.1) is 6.92 Å². The fourth-order valence-corrected chi connectivity index (χ4v) is 3.81. The molecule has 7 nitrogen and oxygen atoms in total. The molecule has 0 saturated heterocycles. The van der Waals surface area contributed by atoms with E-state index in [0.717, 1.165) is 4.31 Å². The minimum atomic E-state index is -3.86. The normalized spacial score (nSPS) is 11.1. The summed E-state index contributed by atoms with van der Waals surface area (Å²) in [5.41, 5.74) is 1.46. The van der Waals surface area contributed by atoms with E-state index in [-0.39, 0.29) is 10.8 Å². The number of hydrogen-bond acceptors (Lipinski definition) is 5. The topological polar surface area (TPSA) is 87.7 Å². The Balaban J connectivity index is 2.38. The molecule has 0 aliphatic carbocycles. The predicted molar refractivity (Wildman–Crippen MR) is 106 cm³/mol. The summed E-state index contributed by atoms with van der Waals surface area (Å²) < 4.78 is 32.6. The van der Waals surface area contributed by atoms with Gasteiger partial charge in [-0.15, -0.1) is 0 Å². The molecule has 0 heterocycles. The second-order valence-corrected chi connectivity index (χ2v) is 7.95. The summed E-state index contributed by atoms with van der Waals surface area (Å²) >= 11 is 0. The lowest BCUT2D eigenvalue weighted by molar-refractivity contribution is 0.0953. The number of ether oxygens (including phenoxy) is 1. The number of nitrogens with zero attached hydrogens (tertiary/aromatic N) is 1. The van der Waals surface area contributed by atoms with Crippen LogP contribution in [0.25, 0.3) is 0 Å². The van der Waals surface area contributed by atoms with Gasteiger partial charge in [0.05, 0.1) is 17.7 Å². The van der Waals surface area contributed by atoms with E-state index >= 15 is 0 Å². The Bertz CT molecular complexity index is 913. The number of likely N-dealkylation sites (N-methyl/N-ethyl adjacent to an activating group) is 1. The van der Waals surface area contributed by atoms with Crippen LogP contribution in [-0.4, -0.2) is 48.6 Å². The molecule has 0 aliphatic heterocycles. The van der Waals surface area contributed by atoms with Gasteiger partial charge in [0.15, 0.2) is 0 Å². The zero-order valence-electron chi connectivity index (χ0n) is 15.9. The number of amides is 1. The van der Waals surface area contributed by atoms with Gasteiger partial charge in [-0.25, -0.2) is 8.42 Å². The van der Waals surface area contributed by atoms with Crippen molar-refractivity contribution in [1.29, 1.82) is 0 Å². The molecule has 0 unspecified atom stereocenters. The van der Waals surface area contributed by atoms with E-state index in [1.807, 2.05) is 0 Å². The van der Waals surface area contributed by atoms with Crippen LogP contribution in [0.4, 0.5) is 5.69 Å². The van der Waals surface area contributed by atoms with E-state index in [2.05, 4.69) is 10.6 Å². The van der Waals surface area contributed by atoms with Gasteiger partial charge in [0.25, 0.3) is 15.9 Å². The third-order valence-electron chi connectivity index (χ3n) is 4.20. The summed E-state index contributed by atoms with van der Waals surface area (Å²) in [6, 6.07) is 11.4. The van der Waals surface area contributed by atoms with Gasteiger partial charge in [-0.2, -0.15) is 0 Å². The molecule has 0 fully saturated rings. The zero-order valence-corrected chi connectivity index (χ0v) is 16.8. The van der Waals surface area contributed by atoms with E-state index in [4.69, 9.17) is 4.74 Å². The highest BCUT2D eigenvalue weighted by Gasteiger charge is 2.25. The lowest BCUT2D eigenvalue weighted by Gasteiger charge is -2.22. The van der Waals surface area contributed by atoms with Crippen LogP contribution in [0.1, 0.15) is 15.9 Å². The third-order valence-corrected chi connectivity index (χ3v) is 5.96. The van der Waals surface area contributed by atoms with Crippen molar-refractivity contribution in [2.45, 2.75) is 11.8 Å². The first kappa shape index (κ1) is 20.7. The molecule has 2 aromatic rings. The molecule has 0 spiro atoms. The number of methoxy groups -OCH3 is 1. The predicted octanol–water partition coefficient (Wildman–Crippen LogP) is 1.78. The fraction of sp³-hybridized carbons (Fsp3) is 0.316. The van der Waals surface area contributed by atoms with E-state index in [1.54, 1.807) is 44.3 Å². The number of hydrogen-bond donors (Lipinski definition) is 2. The van der Waals surface area contributed by atoms with Gasteiger partial charge < -0.3 is 15.4 Å². The monoisotopic (exact) mass is 391 g/mol. The van der Waals surface area contributed by atoms with E-state index in [9.17, 15) is 13.2 Å². The van der Waals surface area contributed by atoms with Crippen molar-refractivity contribution in [2.24, 2.45) is 0 Å². The van der Waals surface area contributed by atoms with E-state index in [1.165, 1.54) is 26.3 Å². The maximum atomic E-state index is 13.1. The van der Waals surface area contributed by atoms with Crippen LogP contribution in [0.2, 0.25) is 0 Å². The highest BCUT2D eigenvalue weighted by molar-refractivity contribution is 7.92. The molecular weight excluding hydrogens is 366 g/mol. The Morgan fingerprint density at radius 2 is 1.85 bits per heavy atom. The molecular formula is C19H25N3O4S. The SMILES string of the molecule is CNCCNC(=O)c1cc(S(=O)(=O)N(C)c2ccccc2OC)ccc1C. The minimum Gasteiger partial charge on any atom is -0.495 e. The molecule has 0 saturated carbocycles. The second kappa shape index (κ2) is 8.88. The number of aryl methyl sites for hydroxylation is 1. The number of benzene rings is 2. The van der Waals surface area contributed by atoms with Gasteiger partial charge >= 0.3 is 0 Å². The summed E-state index contributed by atoms with van der Waals surface area (Å²) in [4.78, 5) is 12.4. The summed E-state index contributed by atoms with van der Waals surface area (Å²) in [5.74, 6) is 0.139. The minimum absolute atomic E-state index is 0.0419. The maximum Gasteiger partial charge on any atom is 0.264 e. The Hall–Kier alpha value is -2.58. The number of nitrogens with one attached hydrogen (secondary N) is 2. The molecule has 8 heteroatoms. The van der Waals surface area contributed by atoms with Crippen LogP contribution in [0.3, 0.4) is 0 Å². The van der Waals surface area contributed by atoms with E-state index in [0.29, 0.717) is 35.7 Å². The van der Waals surface area contributed by atoms with Crippen molar-refractivity contribution >= 4 is 21.6 Å². The van der Waals surface area contributed by atoms with Gasteiger partial charge in [-0.1, -0.05) is 18.2 Å². The number of anilines is 1. The van der Waals surface area contributed by atoms with Crippen molar-refractivity contribution in [3.63, 3.8) is 0 Å². The first-order valence-electron chi connectivity index (χ1n) is 8.48. The van der Waals surface area contributed by atoms with Crippen molar-refractivity contribution in [3.05, 3.63) is 53.6 Å². The standard InChI is InChI=1S/C19H25N3O4S/c1-14-9-10-15(13-16(14)19(23)21-12-11-20-2)27(24,25)22(3)17-7-5-6-8-18(17)26-4/h5-10,13,20H,11-12H2,1-4H3,(H,21,23). The molecule has 146 valence electrons. The van der Waals surface area contributed by atoms with Crippen molar-refractivity contribution in [1.82, 2.24) is 10.6 Å². The maximum absolute atomic E-state index is 13.1. The van der Waals surface area contributed by atoms with Crippen LogP contribution < -0.4 is 19.7 Å². The molecule has 2 aromatic carbocycles. The first-order valence-corrected chi connectivity index (χ1v) is 9.92. The highest BCUT2D eigenvalue weighted by atomic mass is 32.2. The third kappa shape index (κ3) is 4.58. The number of rotatable bonds is 8. The van der Waals surface area contributed by atoms with Crippen LogP contribution in [0.5, 0.6) is 5.75 Å². The van der Waals surface area contributed by atoms with Crippen molar-refractivity contribution < 1.29 is 17.9 Å². The summed E-state index contributed by atoms with van der Waals surface area (Å²) in [6.07, 6.45) is 0. The van der Waals surface area contributed by atoms with Crippen LogP contribution in [-0.2, 0) is 10.0 Å². The van der Waals surface area contributed by atoms with Gasteiger partial charge in [0.1, 0.15) is 5.75 Å². The largest absolute Gasteiger partial charge is 0.495 e. The van der Waals surface area contributed by atoms with Crippen molar-refractivity contribution in [3.8, 4) is 5.75 Å². The molecule has 27 heavy (non-hydrogen) atoms. The average Bonchev–Trinajstić information content (AvgIpc) is 2.67. The Kier molecular flexibility index (Phi) is 6.81. The number of carbonyl (C=O) groups is 1. The number of carbonyl (C=O) groups excluding carboxylic acids is 1. The Labute approximate surface area is 160 Å². The van der Waals surface area contributed by atoms with E-state index < -0.39 is 10.0 Å². The zero-order chi connectivity index (χ0) is 20.0. The first-order chi connectivity index (χ1) is 12.8. The van der Waals surface area contributed by atoms with Gasteiger partial charge in [0, 0.05) is 25.7 Å². The quantitative estimate of drug-likeness (QED) is 0.670. The molecule has 0 aromatic heterocycles. The summed E-state index contributed by atoms with van der Waals surface area (Å²) in [7, 11) is 0.871. The van der Waals surface area contributed by atoms with Crippen molar-refractivity contribution in [2.75, 3.05) is 38.6 Å². The summed E-state index contributed by atoms with van der Waals surface area (Å²) in [5, 5.41) is 5.71. The number of sulfonamides is 1. The fourth-order valence-electron chi connectivity index (χ4n) is 2.58. The van der Waals surface area contributed by atoms with Gasteiger partial charge in [-0.3, -0.25) is 9.10 Å². The molecule has 1 amide bonds. The van der Waals surface area contributed by atoms with Crippen LogP contribution in [0.15, 0.2) is 47.4 Å². The molecule has 2 N–H and O–H groups in total. The second-order valence-electron chi connectivity index (χ2n) is 5.98. The number of para-hydroxylation sites is 2. The molecule has 0 radical (unpaired) electrons. The molecule has 0 aliphatic rings. The average molecular weight is 391 g/mol. The molecule has 0 bridgehead atoms. The van der Waals surface area contributed by atoms with Crippen LogP contribution >= 0.6 is 0 Å². The Morgan fingerprint density at radius 3 is 2.52 bits per heavy atom. The van der Waals surface area contributed by atoms with Gasteiger partial charge in [0.2, 0.25) is 0 Å². The lowest BCUT2D eigenvalue weighted by atomic mass is 10.1. The highest BCUT2D eigenvalue weighted by Crippen LogP contribution is 2.31.